The van der Waals surface area contributed by atoms with E-state index < -0.39 is 40.8 Å². The van der Waals surface area contributed by atoms with Crippen LogP contribution in [-0.4, -0.2) is 37.2 Å². The molecule has 0 N–H and O–H groups in total. The summed E-state index contributed by atoms with van der Waals surface area (Å²) >= 11 is 0. The van der Waals surface area contributed by atoms with Crippen LogP contribution in [0.25, 0.3) is 27.5 Å². The highest BCUT2D eigenvalue weighted by atomic mass is 19.4. The summed E-state index contributed by atoms with van der Waals surface area (Å²) in [5, 5.41) is -0.0509. The van der Waals surface area contributed by atoms with Crippen LogP contribution in [0, 0.1) is 5.82 Å². The number of esters is 2. The summed E-state index contributed by atoms with van der Waals surface area (Å²) in [6.45, 7) is 1.22. The van der Waals surface area contributed by atoms with E-state index in [4.69, 9.17) is 9.47 Å². The van der Waals surface area contributed by atoms with Crippen LogP contribution in [0.1, 0.15) is 33.3 Å². The number of hydrogen-bond donors (Lipinski definition) is 0. The highest BCUT2D eigenvalue weighted by Crippen LogP contribution is 2.44. The van der Waals surface area contributed by atoms with Gasteiger partial charge >= 0.3 is 18.1 Å². The second-order valence-corrected chi connectivity index (χ2v) is 7.43. The fraction of sp³-hybridized carbons (Fsp3) is 0.200. The number of alkyl halides is 3. The first-order valence-corrected chi connectivity index (χ1v) is 10.4. The molecule has 2 aromatic heterocycles. The van der Waals surface area contributed by atoms with E-state index in [1.165, 1.54) is 62.6 Å². The zero-order valence-electron chi connectivity index (χ0n) is 18.8. The first kappa shape index (κ1) is 24.1. The Hall–Kier alpha value is -4.08. The third-order valence-electron chi connectivity index (χ3n) is 5.53. The highest BCUT2D eigenvalue weighted by Gasteiger charge is 2.46. The molecule has 0 aliphatic rings. The van der Waals surface area contributed by atoms with Crippen molar-refractivity contribution in [2.24, 2.45) is 0 Å². The van der Waals surface area contributed by atoms with Crippen LogP contribution >= 0.6 is 0 Å². The Labute approximate surface area is 196 Å². The Morgan fingerprint density at radius 2 is 1.57 bits per heavy atom. The number of fused-ring (bicyclic) bond motifs is 3. The number of carbonyl (C=O) groups excluding carboxylic acids is 2. The number of nitrogens with zero attached hydrogens (tertiary/aromatic N) is 1. The molecule has 0 bridgehead atoms. The van der Waals surface area contributed by atoms with Gasteiger partial charge in [-0.2, -0.15) is 13.2 Å². The lowest BCUT2D eigenvalue weighted by atomic mass is 10.0. The Morgan fingerprint density at radius 1 is 0.943 bits per heavy atom. The molecule has 0 aliphatic carbocycles. The molecule has 0 atom stereocenters. The van der Waals surface area contributed by atoms with Gasteiger partial charge in [0.15, 0.2) is 5.82 Å². The SMILES string of the molecule is CCOC(=O)c1c(C(F)(F)F)c(C(=O)OC)n2c(-c3ccc(OC)cc3)c(F)c3ccccc3c12. The normalized spacial score (nSPS) is 11.6. The van der Waals surface area contributed by atoms with Crippen LogP contribution in [0.5, 0.6) is 5.75 Å². The number of carbonyl (C=O) groups is 2. The molecule has 0 aliphatic heterocycles. The lowest BCUT2D eigenvalue weighted by Crippen LogP contribution is -2.18. The monoisotopic (exact) mass is 489 g/mol. The van der Waals surface area contributed by atoms with Crippen molar-refractivity contribution < 1.29 is 41.4 Å². The quantitative estimate of drug-likeness (QED) is 0.258. The summed E-state index contributed by atoms with van der Waals surface area (Å²) in [5.41, 5.74) is -4.03. The Morgan fingerprint density at radius 3 is 2.11 bits per heavy atom. The Bertz CT molecular complexity index is 1460. The summed E-state index contributed by atoms with van der Waals surface area (Å²) in [5.74, 6) is -3.16. The summed E-state index contributed by atoms with van der Waals surface area (Å²) in [6.07, 6.45) is -5.17. The molecule has 0 unspecified atom stereocenters. The maximum Gasteiger partial charge on any atom is 0.419 e. The van der Waals surface area contributed by atoms with Gasteiger partial charge in [-0.25, -0.2) is 14.0 Å². The number of ether oxygens (including phenoxy) is 3. The fourth-order valence-corrected chi connectivity index (χ4v) is 4.13. The molecular formula is C25H19F4NO5. The van der Waals surface area contributed by atoms with Crippen LogP contribution in [0.2, 0.25) is 0 Å². The molecule has 2 heterocycles. The number of aromatic nitrogens is 1. The van der Waals surface area contributed by atoms with E-state index in [1.54, 1.807) is 0 Å². The zero-order chi connectivity index (χ0) is 25.5. The van der Waals surface area contributed by atoms with Crippen molar-refractivity contribution in [2.45, 2.75) is 13.1 Å². The molecule has 10 heteroatoms. The van der Waals surface area contributed by atoms with Crippen molar-refractivity contribution in [2.75, 3.05) is 20.8 Å². The van der Waals surface area contributed by atoms with Crippen LogP contribution < -0.4 is 4.74 Å². The first-order valence-electron chi connectivity index (χ1n) is 10.4. The molecule has 0 fully saturated rings. The largest absolute Gasteiger partial charge is 0.497 e. The van der Waals surface area contributed by atoms with Crippen molar-refractivity contribution >= 4 is 28.2 Å². The Balaban J connectivity index is 2.35. The minimum absolute atomic E-state index is 0.00836. The fourth-order valence-electron chi connectivity index (χ4n) is 4.13. The van der Waals surface area contributed by atoms with Crippen molar-refractivity contribution in [1.29, 1.82) is 0 Å². The molecule has 0 saturated carbocycles. The molecule has 0 amide bonds. The van der Waals surface area contributed by atoms with E-state index in [1.807, 2.05) is 0 Å². The topological polar surface area (TPSA) is 66.2 Å². The molecule has 0 spiro atoms. The van der Waals surface area contributed by atoms with Gasteiger partial charge < -0.3 is 14.2 Å². The van der Waals surface area contributed by atoms with E-state index in [9.17, 15) is 22.8 Å². The molecule has 182 valence electrons. The van der Waals surface area contributed by atoms with Gasteiger partial charge in [-0.05, 0) is 31.2 Å². The Kier molecular flexibility index (Phi) is 6.14. The molecule has 35 heavy (non-hydrogen) atoms. The lowest BCUT2D eigenvalue weighted by molar-refractivity contribution is -0.138. The number of rotatable bonds is 5. The average molecular weight is 489 g/mol. The van der Waals surface area contributed by atoms with Crippen molar-refractivity contribution in [3.63, 3.8) is 0 Å². The van der Waals surface area contributed by atoms with E-state index in [0.717, 1.165) is 11.5 Å². The first-order chi connectivity index (χ1) is 16.6. The van der Waals surface area contributed by atoms with E-state index in [0.29, 0.717) is 5.75 Å². The molecule has 2 aromatic carbocycles. The van der Waals surface area contributed by atoms with E-state index >= 15 is 4.39 Å². The molecule has 0 saturated heterocycles. The number of methoxy groups -OCH3 is 2. The standard InChI is InChI=1S/C25H19F4NO5/c1-4-35-23(31)17-18(25(27,28)29)22(24(32)34-3)30-20(13-9-11-14(33-2)12-10-13)19(26)15-7-5-6-8-16(15)21(17)30/h5-12H,4H2,1-3H3. The third-order valence-corrected chi connectivity index (χ3v) is 5.53. The molecular weight excluding hydrogens is 470 g/mol. The van der Waals surface area contributed by atoms with Crippen molar-refractivity contribution in [1.82, 2.24) is 4.40 Å². The summed E-state index contributed by atoms with van der Waals surface area (Å²) in [4.78, 5) is 25.7. The predicted octanol–water partition coefficient (Wildman–Crippen LogP) is 5.89. The third kappa shape index (κ3) is 3.84. The van der Waals surface area contributed by atoms with Gasteiger partial charge in [0.25, 0.3) is 0 Å². The van der Waals surface area contributed by atoms with Crippen molar-refractivity contribution in [3.8, 4) is 17.0 Å². The van der Waals surface area contributed by atoms with Gasteiger partial charge in [0.2, 0.25) is 0 Å². The highest BCUT2D eigenvalue weighted by molar-refractivity contribution is 6.13. The lowest BCUT2D eigenvalue weighted by Gasteiger charge is -2.15. The van der Waals surface area contributed by atoms with Crippen molar-refractivity contribution in [3.05, 3.63) is 71.2 Å². The minimum atomic E-state index is -5.17. The minimum Gasteiger partial charge on any atom is -0.497 e. The van der Waals surface area contributed by atoms with Crippen LogP contribution in [0.3, 0.4) is 0 Å². The van der Waals surface area contributed by atoms with Gasteiger partial charge in [-0.3, -0.25) is 4.40 Å². The van der Waals surface area contributed by atoms with E-state index in [-0.39, 0.29) is 34.2 Å². The van der Waals surface area contributed by atoms with Crippen LogP contribution in [-0.2, 0) is 15.7 Å². The van der Waals surface area contributed by atoms with E-state index in [2.05, 4.69) is 4.74 Å². The predicted molar refractivity (Wildman–Crippen MR) is 119 cm³/mol. The molecule has 0 radical (unpaired) electrons. The number of benzene rings is 2. The van der Waals surface area contributed by atoms with Gasteiger partial charge in [-0.15, -0.1) is 0 Å². The van der Waals surface area contributed by atoms with Gasteiger partial charge in [0, 0.05) is 16.3 Å². The maximum absolute atomic E-state index is 16.0. The summed E-state index contributed by atoms with van der Waals surface area (Å²) in [6, 6.07) is 11.6. The molecule has 4 aromatic rings. The van der Waals surface area contributed by atoms with Gasteiger partial charge in [-0.1, -0.05) is 24.3 Å². The average Bonchev–Trinajstić information content (AvgIpc) is 3.21. The summed E-state index contributed by atoms with van der Waals surface area (Å²) in [7, 11) is 2.32. The second-order valence-electron chi connectivity index (χ2n) is 7.43. The van der Waals surface area contributed by atoms with Gasteiger partial charge in [0.05, 0.1) is 37.6 Å². The molecule has 6 nitrogen and oxygen atoms in total. The van der Waals surface area contributed by atoms with Crippen LogP contribution in [0.4, 0.5) is 17.6 Å². The smallest absolute Gasteiger partial charge is 0.419 e. The zero-order valence-corrected chi connectivity index (χ0v) is 18.8. The summed E-state index contributed by atoms with van der Waals surface area (Å²) < 4.78 is 74.8. The molecule has 4 rings (SSSR count). The maximum atomic E-state index is 16.0. The second kappa shape index (κ2) is 8.94. The number of halogens is 4. The van der Waals surface area contributed by atoms with Crippen LogP contribution in [0.15, 0.2) is 48.5 Å². The van der Waals surface area contributed by atoms with Gasteiger partial charge in [0.1, 0.15) is 17.0 Å². The number of pyridine rings is 1. The number of hydrogen-bond acceptors (Lipinski definition) is 5.